The van der Waals surface area contributed by atoms with Gasteiger partial charge >= 0.3 is 6.09 Å². The fraction of sp³-hybridized carbons (Fsp3) is 0.609. The van der Waals surface area contributed by atoms with Crippen LogP contribution in [0, 0.1) is 11.7 Å². The lowest BCUT2D eigenvalue weighted by atomic mass is 9.98. The molecule has 1 aromatic carbocycles. The summed E-state index contributed by atoms with van der Waals surface area (Å²) >= 11 is 0. The fourth-order valence-corrected chi connectivity index (χ4v) is 4.16. The molecule has 4 rings (SSSR count). The lowest BCUT2D eigenvalue weighted by Gasteiger charge is -2.24. The lowest BCUT2D eigenvalue weighted by Crippen LogP contribution is -2.36. The number of benzene rings is 1. The SMILES string of the molecule is CC(C1CC1)N(C)C(=O)OCc1c(-c2ccc(OC3CCCCC3)c(F)c2)nnn1C. The number of rotatable bonds is 7. The maximum atomic E-state index is 14.7. The minimum absolute atomic E-state index is 0.0152. The molecule has 2 aliphatic carbocycles. The molecule has 0 spiro atoms. The monoisotopic (exact) mass is 430 g/mol. The van der Waals surface area contributed by atoms with E-state index >= 15 is 0 Å². The van der Waals surface area contributed by atoms with Crippen molar-refractivity contribution in [2.24, 2.45) is 13.0 Å². The van der Waals surface area contributed by atoms with Crippen molar-refractivity contribution in [3.63, 3.8) is 0 Å². The van der Waals surface area contributed by atoms with E-state index in [0.717, 1.165) is 38.5 Å². The zero-order valence-corrected chi connectivity index (χ0v) is 18.5. The van der Waals surface area contributed by atoms with Crippen LogP contribution in [0.5, 0.6) is 5.75 Å². The molecular weight excluding hydrogens is 399 g/mol. The zero-order chi connectivity index (χ0) is 22.0. The quantitative estimate of drug-likeness (QED) is 0.637. The first-order valence-electron chi connectivity index (χ1n) is 11.2. The van der Waals surface area contributed by atoms with Gasteiger partial charge in [0.05, 0.1) is 6.10 Å². The van der Waals surface area contributed by atoms with Crippen LogP contribution < -0.4 is 4.74 Å². The first-order valence-corrected chi connectivity index (χ1v) is 11.2. The molecule has 0 radical (unpaired) electrons. The second kappa shape index (κ2) is 9.24. The average Bonchev–Trinajstić information content (AvgIpc) is 3.56. The summed E-state index contributed by atoms with van der Waals surface area (Å²) in [7, 11) is 3.49. The molecule has 2 saturated carbocycles. The minimum Gasteiger partial charge on any atom is -0.487 e. The van der Waals surface area contributed by atoms with Gasteiger partial charge in [0.1, 0.15) is 18.0 Å². The van der Waals surface area contributed by atoms with Gasteiger partial charge in [-0.2, -0.15) is 0 Å². The van der Waals surface area contributed by atoms with Crippen molar-refractivity contribution in [2.45, 2.75) is 70.6 Å². The second-order valence-corrected chi connectivity index (χ2v) is 8.77. The van der Waals surface area contributed by atoms with Crippen LogP contribution in [0.15, 0.2) is 18.2 Å². The van der Waals surface area contributed by atoms with Gasteiger partial charge in [-0.3, -0.25) is 0 Å². The number of aryl methyl sites for hydroxylation is 1. The molecule has 1 heterocycles. The Bertz CT molecular complexity index is 922. The topological polar surface area (TPSA) is 69.5 Å². The number of carbonyl (C=O) groups is 1. The van der Waals surface area contributed by atoms with E-state index in [1.165, 1.54) is 12.5 Å². The Balaban J connectivity index is 1.44. The molecule has 2 fully saturated rings. The van der Waals surface area contributed by atoms with Gasteiger partial charge < -0.3 is 14.4 Å². The largest absolute Gasteiger partial charge is 0.487 e. The van der Waals surface area contributed by atoms with E-state index in [1.807, 2.05) is 6.92 Å². The van der Waals surface area contributed by atoms with Crippen molar-refractivity contribution >= 4 is 6.09 Å². The molecule has 0 bridgehead atoms. The molecule has 168 valence electrons. The molecular formula is C23H31FN4O3. The highest BCUT2D eigenvalue weighted by molar-refractivity contribution is 5.68. The molecule has 7 nitrogen and oxygen atoms in total. The Morgan fingerprint density at radius 2 is 2.00 bits per heavy atom. The summed E-state index contributed by atoms with van der Waals surface area (Å²) in [6, 6.07) is 4.99. The van der Waals surface area contributed by atoms with Gasteiger partial charge in [0.25, 0.3) is 0 Å². The van der Waals surface area contributed by atoms with Crippen LogP contribution in [-0.2, 0) is 18.4 Å². The summed E-state index contributed by atoms with van der Waals surface area (Å²) in [5, 5.41) is 8.21. The third-order valence-electron chi connectivity index (χ3n) is 6.53. The van der Waals surface area contributed by atoms with E-state index in [9.17, 15) is 9.18 Å². The molecule has 1 unspecified atom stereocenters. The number of hydrogen-bond donors (Lipinski definition) is 0. The molecule has 0 saturated heterocycles. The normalized spacial score (nSPS) is 17.9. The predicted octanol–water partition coefficient (Wildman–Crippen LogP) is 4.70. The van der Waals surface area contributed by atoms with Crippen LogP contribution in [0.4, 0.5) is 9.18 Å². The first-order chi connectivity index (χ1) is 14.9. The number of ether oxygens (including phenoxy) is 2. The molecule has 2 aliphatic rings. The van der Waals surface area contributed by atoms with Gasteiger partial charge in [-0.05, 0) is 69.6 Å². The number of carbonyl (C=O) groups excluding carboxylic acids is 1. The van der Waals surface area contributed by atoms with Crippen LogP contribution in [-0.4, -0.2) is 45.2 Å². The summed E-state index contributed by atoms with van der Waals surface area (Å²) in [6.45, 7) is 2.05. The fourth-order valence-electron chi connectivity index (χ4n) is 4.16. The third-order valence-corrected chi connectivity index (χ3v) is 6.53. The van der Waals surface area contributed by atoms with E-state index in [2.05, 4.69) is 10.3 Å². The smallest absolute Gasteiger partial charge is 0.410 e. The number of halogens is 1. The summed E-state index contributed by atoms with van der Waals surface area (Å²) in [5.74, 6) is 0.404. The highest BCUT2D eigenvalue weighted by Gasteiger charge is 2.33. The maximum Gasteiger partial charge on any atom is 0.410 e. The van der Waals surface area contributed by atoms with E-state index in [-0.39, 0.29) is 30.6 Å². The van der Waals surface area contributed by atoms with Crippen LogP contribution in [0.2, 0.25) is 0 Å². The number of hydrogen-bond acceptors (Lipinski definition) is 5. The molecule has 1 amide bonds. The van der Waals surface area contributed by atoms with Gasteiger partial charge in [-0.25, -0.2) is 13.9 Å². The van der Waals surface area contributed by atoms with Gasteiger partial charge in [0.2, 0.25) is 0 Å². The van der Waals surface area contributed by atoms with Gasteiger partial charge in [0.15, 0.2) is 11.6 Å². The Morgan fingerprint density at radius 1 is 1.26 bits per heavy atom. The van der Waals surface area contributed by atoms with Crippen molar-refractivity contribution in [2.75, 3.05) is 7.05 Å². The van der Waals surface area contributed by atoms with Gasteiger partial charge in [0, 0.05) is 25.7 Å². The second-order valence-electron chi connectivity index (χ2n) is 8.77. The Hall–Kier alpha value is -2.64. The number of amides is 1. The van der Waals surface area contributed by atoms with E-state index < -0.39 is 5.82 Å². The van der Waals surface area contributed by atoms with Crippen molar-refractivity contribution in [3.05, 3.63) is 29.7 Å². The number of nitrogens with zero attached hydrogens (tertiary/aromatic N) is 4. The zero-order valence-electron chi connectivity index (χ0n) is 18.5. The highest BCUT2D eigenvalue weighted by Crippen LogP contribution is 2.35. The van der Waals surface area contributed by atoms with Gasteiger partial charge in [-0.1, -0.05) is 11.6 Å². The van der Waals surface area contributed by atoms with Crippen LogP contribution in [0.25, 0.3) is 11.3 Å². The molecule has 1 aromatic heterocycles. The van der Waals surface area contributed by atoms with E-state index in [4.69, 9.17) is 9.47 Å². The minimum atomic E-state index is -0.422. The summed E-state index contributed by atoms with van der Waals surface area (Å²) in [4.78, 5) is 14.1. The molecule has 8 heteroatoms. The van der Waals surface area contributed by atoms with Crippen molar-refractivity contribution in [3.8, 4) is 17.0 Å². The van der Waals surface area contributed by atoms with Gasteiger partial charge in [-0.15, -0.1) is 5.10 Å². The van der Waals surface area contributed by atoms with Crippen LogP contribution in [0.3, 0.4) is 0 Å². The van der Waals surface area contributed by atoms with Crippen LogP contribution >= 0.6 is 0 Å². The Labute approximate surface area is 182 Å². The Morgan fingerprint density at radius 3 is 2.68 bits per heavy atom. The van der Waals surface area contributed by atoms with Crippen molar-refractivity contribution in [1.82, 2.24) is 19.9 Å². The molecule has 1 atom stereocenters. The molecule has 0 N–H and O–H groups in total. The first kappa shape index (κ1) is 21.6. The summed E-state index contributed by atoms with van der Waals surface area (Å²) in [6.07, 6.45) is 7.41. The van der Waals surface area contributed by atoms with E-state index in [0.29, 0.717) is 22.9 Å². The van der Waals surface area contributed by atoms with E-state index in [1.54, 1.807) is 35.8 Å². The predicted molar refractivity (Wildman–Crippen MR) is 114 cm³/mol. The maximum absolute atomic E-state index is 14.7. The summed E-state index contributed by atoms with van der Waals surface area (Å²) in [5.41, 5.74) is 1.69. The molecule has 0 aliphatic heterocycles. The lowest BCUT2D eigenvalue weighted by molar-refractivity contribution is 0.0883. The third kappa shape index (κ3) is 4.99. The summed E-state index contributed by atoms with van der Waals surface area (Å²) < 4.78 is 27.7. The Kier molecular flexibility index (Phi) is 6.43. The molecule has 31 heavy (non-hydrogen) atoms. The standard InChI is InChI=1S/C23H31FN4O3/c1-15(16-9-10-16)27(2)23(29)30-14-20-22(25-26-28(20)3)17-11-12-21(19(24)13-17)31-18-7-5-4-6-8-18/h11-13,15-16,18H,4-10,14H2,1-3H3. The number of aromatic nitrogens is 3. The average molecular weight is 431 g/mol. The van der Waals surface area contributed by atoms with Crippen molar-refractivity contribution < 1.29 is 18.7 Å². The molecule has 2 aromatic rings. The van der Waals surface area contributed by atoms with Crippen LogP contribution in [0.1, 0.15) is 57.6 Å². The highest BCUT2D eigenvalue weighted by atomic mass is 19.1. The van der Waals surface area contributed by atoms with Crippen molar-refractivity contribution in [1.29, 1.82) is 0 Å².